The minimum absolute atomic E-state index is 0.0825. The van der Waals surface area contributed by atoms with E-state index < -0.39 is 6.10 Å². The Kier molecular flexibility index (Phi) is 5.57. The van der Waals surface area contributed by atoms with Crippen molar-refractivity contribution in [3.8, 4) is 0 Å². The summed E-state index contributed by atoms with van der Waals surface area (Å²) in [6.07, 6.45) is -0.469. The number of nitrogens with zero attached hydrogens (tertiary/aromatic N) is 1. The summed E-state index contributed by atoms with van der Waals surface area (Å²) in [7, 11) is 3.98. The lowest BCUT2D eigenvalue weighted by molar-refractivity contribution is -0.118. The number of amides is 1. The zero-order chi connectivity index (χ0) is 15.4. The maximum atomic E-state index is 12.0. The van der Waals surface area contributed by atoms with Gasteiger partial charge in [-0.05, 0) is 43.0 Å². The second kappa shape index (κ2) is 6.75. The van der Waals surface area contributed by atoms with Crippen molar-refractivity contribution in [3.05, 3.63) is 23.3 Å². The molecule has 0 aliphatic carbocycles. The Balaban J connectivity index is 2.85. The molecular formula is C16H26N2O2. The van der Waals surface area contributed by atoms with Gasteiger partial charge in [-0.2, -0.15) is 0 Å². The average Bonchev–Trinajstić information content (AvgIpc) is 2.33. The minimum atomic E-state index is -0.600. The lowest BCUT2D eigenvalue weighted by Crippen LogP contribution is -2.24. The molecule has 1 amide bonds. The van der Waals surface area contributed by atoms with Crippen molar-refractivity contribution in [2.24, 2.45) is 5.92 Å². The number of rotatable bonds is 5. The van der Waals surface area contributed by atoms with E-state index in [4.69, 9.17) is 0 Å². The predicted molar refractivity (Wildman–Crippen MR) is 84.3 cm³/mol. The third-order valence-electron chi connectivity index (χ3n) is 3.46. The first kappa shape index (κ1) is 16.5. The maximum absolute atomic E-state index is 12.0. The molecule has 0 aliphatic heterocycles. The smallest absolute Gasteiger partial charge is 0.227 e. The topological polar surface area (TPSA) is 52.6 Å². The molecule has 112 valence electrons. The molecule has 1 unspecified atom stereocenters. The summed E-state index contributed by atoms with van der Waals surface area (Å²) in [6.45, 7) is 7.77. The van der Waals surface area contributed by atoms with Gasteiger partial charge in [-0.15, -0.1) is 0 Å². The van der Waals surface area contributed by atoms with Gasteiger partial charge in [-0.3, -0.25) is 4.79 Å². The Hall–Kier alpha value is -1.55. The molecule has 0 saturated heterocycles. The predicted octanol–water partition coefficient (Wildman–Crippen LogP) is 2.71. The van der Waals surface area contributed by atoms with Crippen LogP contribution in [0.15, 0.2) is 12.1 Å². The van der Waals surface area contributed by atoms with Crippen LogP contribution in [0, 0.1) is 19.8 Å². The van der Waals surface area contributed by atoms with Gasteiger partial charge in [0.2, 0.25) is 5.91 Å². The van der Waals surface area contributed by atoms with Crippen LogP contribution in [-0.2, 0) is 4.79 Å². The van der Waals surface area contributed by atoms with Gasteiger partial charge in [0.25, 0.3) is 0 Å². The third kappa shape index (κ3) is 4.23. The Labute approximate surface area is 121 Å². The molecule has 0 radical (unpaired) electrons. The van der Waals surface area contributed by atoms with Gasteiger partial charge in [-0.25, -0.2) is 0 Å². The van der Waals surface area contributed by atoms with E-state index >= 15 is 0 Å². The number of benzene rings is 1. The van der Waals surface area contributed by atoms with Crippen LogP contribution in [0.3, 0.4) is 0 Å². The third-order valence-corrected chi connectivity index (χ3v) is 3.46. The summed E-state index contributed by atoms with van der Waals surface area (Å²) in [5.41, 5.74) is 4.01. The normalized spacial score (nSPS) is 12.4. The number of aryl methyl sites for hydroxylation is 2. The molecular weight excluding hydrogens is 252 g/mol. The summed E-state index contributed by atoms with van der Waals surface area (Å²) in [5, 5.41) is 12.7. The summed E-state index contributed by atoms with van der Waals surface area (Å²) >= 11 is 0. The van der Waals surface area contributed by atoms with Crippen molar-refractivity contribution in [2.75, 3.05) is 24.3 Å². The molecule has 1 atom stereocenters. The van der Waals surface area contributed by atoms with Crippen LogP contribution >= 0.6 is 0 Å². The second-order valence-corrected chi connectivity index (χ2v) is 5.91. The van der Waals surface area contributed by atoms with Gasteiger partial charge in [-0.1, -0.05) is 13.8 Å². The van der Waals surface area contributed by atoms with E-state index in [1.54, 1.807) is 0 Å². The van der Waals surface area contributed by atoms with Crippen molar-refractivity contribution in [2.45, 2.75) is 40.2 Å². The standard InChI is InChI=1S/C16H26N2O2/c1-10(2)14(19)9-15(20)17-16-11(3)7-13(18(5)6)8-12(16)4/h7-8,10,14,19H,9H2,1-6H3,(H,17,20). The molecule has 0 spiro atoms. The molecule has 0 heterocycles. The number of aliphatic hydroxyl groups excluding tert-OH is 1. The number of hydrogen-bond donors (Lipinski definition) is 2. The van der Waals surface area contributed by atoms with Gasteiger partial charge in [0.05, 0.1) is 12.5 Å². The Morgan fingerprint density at radius 3 is 2.15 bits per heavy atom. The fourth-order valence-electron chi connectivity index (χ4n) is 2.01. The molecule has 4 nitrogen and oxygen atoms in total. The zero-order valence-electron chi connectivity index (χ0n) is 13.3. The number of carbonyl (C=O) groups is 1. The first-order chi connectivity index (χ1) is 9.22. The van der Waals surface area contributed by atoms with Crippen molar-refractivity contribution in [3.63, 3.8) is 0 Å². The lowest BCUT2D eigenvalue weighted by Gasteiger charge is -2.19. The highest BCUT2D eigenvalue weighted by molar-refractivity contribution is 5.93. The highest BCUT2D eigenvalue weighted by Crippen LogP contribution is 2.26. The highest BCUT2D eigenvalue weighted by atomic mass is 16.3. The number of carbonyl (C=O) groups excluding carboxylic acids is 1. The first-order valence-corrected chi connectivity index (χ1v) is 6.98. The summed E-state index contributed by atoms with van der Waals surface area (Å²) in [6, 6.07) is 4.09. The van der Waals surface area contributed by atoms with Crippen LogP contribution < -0.4 is 10.2 Å². The van der Waals surface area contributed by atoms with Crippen molar-refractivity contribution < 1.29 is 9.90 Å². The van der Waals surface area contributed by atoms with Crippen molar-refractivity contribution >= 4 is 17.3 Å². The van der Waals surface area contributed by atoms with E-state index in [9.17, 15) is 9.90 Å². The van der Waals surface area contributed by atoms with Crippen LogP contribution in [0.1, 0.15) is 31.4 Å². The first-order valence-electron chi connectivity index (χ1n) is 6.98. The molecule has 1 aromatic rings. The SMILES string of the molecule is Cc1cc(N(C)C)cc(C)c1NC(=O)CC(O)C(C)C. The second-order valence-electron chi connectivity index (χ2n) is 5.91. The highest BCUT2D eigenvalue weighted by Gasteiger charge is 2.16. The number of hydrogen-bond acceptors (Lipinski definition) is 3. The average molecular weight is 278 g/mol. The van der Waals surface area contributed by atoms with Gasteiger partial charge < -0.3 is 15.3 Å². The molecule has 0 aromatic heterocycles. The Morgan fingerprint density at radius 1 is 1.25 bits per heavy atom. The molecule has 0 fully saturated rings. The van der Waals surface area contributed by atoms with E-state index in [0.717, 1.165) is 22.5 Å². The Morgan fingerprint density at radius 2 is 1.75 bits per heavy atom. The molecule has 0 bridgehead atoms. The van der Waals surface area contributed by atoms with Gasteiger partial charge >= 0.3 is 0 Å². The van der Waals surface area contributed by atoms with E-state index in [-0.39, 0.29) is 18.2 Å². The molecule has 1 rings (SSSR count). The van der Waals surface area contributed by atoms with E-state index in [1.165, 1.54) is 0 Å². The Bertz CT molecular complexity index is 458. The van der Waals surface area contributed by atoms with E-state index in [0.29, 0.717) is 0 Å². The number of aliphatic hydroxyl groups is 1. The maximum Gasteiger partial charge on any atom is 0.227 e. The molecule has 2 N–H and O–H groups in total. The van der Waals surface area contributed by atoms with Crippen LogP contribution in [-0.4, -0.2) is 31.2 Å². The van der Waals surface area contributed by atoms with Gasteiger partial charge in [0, 0.05) is 25.5 Å². The number of anilines is 2. The minimum Gasteiger partial charge on any atom is -0.392 e. The van der Waals surface area contributed by atoms with E-state index in [1.807, 2.05) is 58.8 Å². The fraction of sp³-hybridized carbons (Fsp3) is 0.562. The van der Waals surface area contributed by atoms with Crippen LogP contribution in [0.5, 0.6) is 0 Å². The zero-order valence-corrected chi connectivity index (χ0v) is 13.3. The summed E-state index contributed by atoms with van der Waals surface area (Å²) < 4.78 is 0. The van der Waals surface area contributed by atoms with Crippen LogP contribution in [0.4, 0.5) is 11.4 Å². The molecule has 0 aliphatic rings. The van der Waals surface area contributed by atoms with Crippen molar-refractivity contribution in [1.29, 1.82) is 0 Å². The summed E-state index contributed by atoms with van der Waals surface area (Å²) in [5.74, 6) is -0.0611. The van der Waals surface area contributed by atoms with Gasteiger partial charge in [0.15, 0.2) is 0 Å². The molecule has 0 saturated carbocycles. The largest absolute Gasteiger partial charge is 0.392 e. The fourth-order valence-corrected chi connectivity index (χ4v) is 2.01. The van der Waals surface area contributed by atoms with Crippen LogP contribution in [0.2, 0.25) is 0 Å². The lowest BCUT2D eigenvalue weighted by atomic mass is 10.0. The monoisotopic (exact) mass is 278 g/mol. The quantitative estimate of drug-likeness (QED) is 0.870. The van der Waals surface area contributed by atoms with Gasteiger partial charge in [0.1, 0.15) is 0 Å². The summed E-state index contributed by atoms with van der Waals surface area (Å²) in [4.78, 5) is 14.0. The van der Waals surface area contributed by atoms with E-state index in [2.05, 4.69) is 5.32 Å². The van der Waals surface area contributed by atoms with Crippen LogP contribution in [0.25, 0.3) is 0 Å². The molecule has 4 heteroatoms. The number of nitrogens with one attached hydrogen (secondary N) is 1. The molecule has 20 heavy (non-hydrogen) atoms. The molecule has 1 aromatic carbocycles. The van der Waals surface area contributed by atoms with Crippen molar-refractivity contribution in [1.82, 2.24) is 0 Å².